The maximum absolute atomic E-state index is 12.3. The van der Waals surface area contributed by atoms with E-state index in [0.717, 1.165) is 6.07 Å². The number of aromatic nitrogens is 1. The molecule has 13 heavy (non-hydrogen) atoms. The maximum Gasteiger partial charge on any atom is 0.340 e. The van der Waals surface area contributed by atoms with Crippen molar-refractivity contribution in [3.63, 3.8) is 0 Å². The number of halogens is 1. The van der Waals surface area contributed by atoms with E-state index in [1.54, 1.807) is 0 Å². The number of hydrogen-bond acceptors (Lipinski definition) is 4. The first-order chi connectivity index (χ1) is 6.13. The van der Waals surface area contributed by atoms with E-state index in [9.17, 15) is 9.18 Å². The van der Waals surface area contributed by atoms with Crippen LogP contribution < -0.4 is 0 Å². The van der Waals surface area contributed by atoms with Gasteiger partial charge in [-0.1, -0.05) is 0 Å². The van der Waals surface area contributed by atoms with Crippen molar-refractivity contribution in [3.05, 3.63) is 34.7 Å². The van der Waals surface area contributed by atoms with Crippen LogP contribution in [0.5, 0.6) is 0 Å². The normalized spacial score (nSPS) is 8.08. The molecular weight excluding hydrogens is 183 g/mol. The van der Waals surface area contributed by atoms with E-state index in [4.69, 9.17) is 15.2 Å². The first kappa shape index (κ1) is 11.0. The van der Waals surface area contributed by atoms with Gasteiger partial charge in [-0.15, -0.1) is 4.91 Å². The molecule has 0 fully saturated rings. The number of aromatic carboxylic acids is 1. The molecule has 0 aliphatic heterocycles. The van der Waals surface area contributed by atoms with Crippen molar-refractivity contribution < 1.29 is 19.5 Å². The predicted octanol–water partition coefficient (Wildman–Crippen LogP) is 1.06. The van der Waals surface area contributed by atoms with Crippen molar-refractivity contribution in [2.45, 2.75) is 0 Å². The lowest BCUT2D eigenvalue weighted by Crippen LogP contribution is -2.01. The van der Waals surface area contributed by atoms with Crippen LogP contribution in [0.3, 0.4) is 0 Å². The molecular formula is C6H5FN2O4. The standard InChI is InChI=1S/C6H4FNO2.HNO2/c7-5-4(6(9)10)2-1-3-8-5;2-1-3/h1-3H,(H,9,10);(H,2,3). The number of carboxylic acid groups (broad SMARTS) is 1. The van der Waals surface area contributed by atoms with Crippen molar-refractivity contribution >= 4 is 5.97 Å². The lowest BCUT2D eigenvalue weighted by Gasteiger charge is -1.91. The van der Waals surface area contributed by atoms with E-state index in [1.807, 2.05) is 0 Å². The quantitative estimate of drug-likeness (QED) is 0.390. The summed E-state index contributed by atoms with van der Waals surface area (Å²) < 4.78 is 12.3. The highest BCUT2D eigenvalue weighted by molar-refractivity contribution is 5.87. The molecule has 0 aromatic carbocycles. The molecule has 0 radical (unpaired) electrons. The minimum Gasteiger partial charge on any atom is -0.478 e. The van der Waals surface area contributed by atoms with Crippen LogP contribution in [0, 0.1) is 10.9 Å². The summed E-state index contributed by atoms with van der Waals surface area (Å²) >= 11 is 0. The number of rotatable bonds is 1. The predicted molar refractivity (Wildman–Crippen MR) is 38.7 cm³/mol. The zero-order chi connectivity index (χ0) is 10.3. The van der Waals surface area contributed by atoms with Crippen LogP contribution >= 0.6 is 0 Å². The lowest BCUT2D eigenvalue weighted by molar-refractivity contribution is 0.0691. The van der Waals surface area contributed by atoms with Gasteiger partial charge in [-0.25, -0.2) is 9.78 Å². The average Bonchev–Trinajstić information content (AvgIpc) is 2.06. The van der Waals surface area contributed by atoms with Gasteiger partial charge < -0.3 is 10.3 Å². The van der Waals surface area contributed by atoms with Gasteiger partial charge in [0.05, 0.1) is 0 Å². The molecule has 0 atom stereocenters. The topological polar surface area (TPSA) is 99.8 Å². The third-order valence-electron chi connectivity index (χ3n) is 0.989. The molecule has 1 aromatic heterocycles. The van der Waals surface area contributed by atoms with Crippen molar-refractivity contribution in [2.75, 3.05) is 0 Å². The fourth-order valence-electron chi connectivity index (χ4n) is 0.546. The minimum absolute atomic E-state index is 0.400. The van der Waals surface area contributed by atoms with E-state index in [2.05, 4.69) is 4.98 Å². The van der Waals surface area contributed by atoms with Gasteiger partial charge >= 0.3 is 5.97 Å². The Morgan fingerprint density at radius 3 is 2.46 bits per heavy atom. The highest BCUT2D eigenvalue weighted by Gasteiger charge is 2.08. The van der Waals surface area contributed by atoms with Gasteiger partial charge in [-0.2, -0.15) is 4.39 Å². The van der Waals surface area contributed by atoms with Crippen LogP contribution in [0.25, 0.3) is 0 Å². The van der Waals surface area contributed by atoms with Crippen molar-refractivity contribution in [1.82, 2.24) is 4.98 Å². The number of nitrogens with zero attached hydrogens (tertiary/aromatic N) is 2. The van der Waals surface area contributed by atoms with Crippen molar-refractivity contribution in [3.8, 4) is 0 Å². The Balaban J connectivity index is 0.000000424. The highest BCUT2D eigenvalue weighted by atomic mass is 19.1. The smallest absolute Gasteiger partial charge is 0.340 e. The van der Waals surface area contributed by atoms with Crippen molar-refractivity contribution in [1.29, 1.82) is 0 Å². The van der Waals surface area contributed by atoms with E-state index in [-0.39, 0.29) is 0 Å². The van der Waals surface area contributed by atoms with Crippen LogP contribution in [0.1, 0.15) is 10.4 Å². The Hall–Kier alpha value is -2.05. The SMILES string of the molecule is O=C(O)c1cccnc1F.O=NO. The van der Waals surface area contributed by atoms with Gasteiger partial charge in [0.25, 0.3) is 0 Å². The fourth-order valence-corrected chi connectivity index (χ4v) is 0.546. The van der Waals surface area contributed by atoms with Gasteiger partial charge in [-0.3, -0.25) is 0 Å². The summed E-state index contributed by atoms with van der Waals surface area (Å²) in [4.78, 5) is 21.4. The van der Waals surface area contributed by atoms with E-state index < -0.39 is 17.5 Å². The van der Waals surface area contributed by atoms with Gasteiger partial charge in [0.2, 0.25) is 5.95 Å². The molecule has 1 rings (SSSR count). The molecule has 0 bridgehead atoms. The molecule has 0 saturated carbocycles. The average molecular weight is 188 g/mol. The van der Waals surface area contributed by atoms with Gasteiger partial charge in [-0.05, 0) is 12.1 Å². The van der Waals surface area contributed by atoms with Crippen molar-refractivity contribution in [2.24, 2.45) is 5.34 Å². The summed E-state index contributed by atoms with van der Waals surface area (Å²) in [5.74, 6) is -2.25. The Morgan fingerprint density at radius 1 is 1.62 bits per heavy atom. The summed E-state index contributed by atoms with van der Waals surface area (Å²) in [7, 11) is 0. The summed E-state index contributed by atoms with van der Waals surface area (Å²) in [6.45, 7) is 0. The third kappa shape index (κ3) is 3.75. The third-order valence-corrected chi connectivity index (χ3v) is 0.989. The van der Waals surface area contributed by atoms with E-state index >= 15 is 0 Å². The molecule has 1 heterocycles. The van der Waals surface area contributed by atoms with E-state index in [1.165, 1.54) is 17.6 Å². The number of carbonyl (C=O) groups is 1. The Labute approximate surface area is 71.6 Å². The second-order valence-corrected chi connectivity index (χ2v) is 1.73. The lowest BCUT2D eigenvalue weighted by atomic mass is 10.3. The molecule has 0 unspecified atom stereocenters. The zero-order valence-corrected chi connectivity index (χ0v) is 6.22. The molecule has 2 N–H and O–H groups in total. The summed E-state index contributed by atoms with van der Waals surface area (Å²) in [6, 6.07) is 2.52. The molecule has 0 aliphatic rings. The van der Waals surface area contributed by atoms with E-state index in [0.29, 0.717) is 0 Å². The number of carboxylic acids is 1. The summed E-state index contributed by atoms with van der Waals surface area (Å²) in [6.07, 6.45) is 1.20. The van der Waals surface area contributed by atoms with Gasteiger partial charge in [0, 0.05) is 6.20 Å². The monoisotopic (exact) mass is 188 g/mol. The Kier molecular flexibility index (Phi) is 4.70. The van der Waals surface area contributed by atoms with Crippen LogP contribution in [0.15, 0.2) is 23.7 Å². The molecule has 6 nitrogen and oxygen atoms in total. The first-order valence-electron chi connectivity index (χ1n) is 2.94. The second kappa shape index (κ2) is 5.58. The van der Waals surface area contributed by atoms with Crippen LogP contribution in [0.2, 0.25) is 0 Å². The Morgan fingerprint density at radius 2 is 2.15 bits per heavy atom. The summed E-state index contributed by atoms with van der Waals surface area (Å²) in [5.41, 5.74) is -0.400. The highest BCUT2D eigenvalue weighted by Crippen LogP contribution is 2.01. The number of hydrogen-bond donors (Lipinski definition) is 2. The number of pyridine rings is 1. The van der Waals surface area contributed by atoms with Gasteiger partial charge in [0.15, 0.2) is 5.34 Å². The summed E-state index contributed by atoms with van der Waals surface area (Å²) in [5, 5.41) is 16.2. The largest absolute Gasteiger partial charge is 0.478 e. The molecule has 0 saturated heterocycles. The second-order valence-electron chi connectivity index (χ2n) is 1.73. The van der Waals surface area contributed by atoms with Crippen LogP contribution in [0.4, 0.5) is 4.39 Å². The van der Waals surface area contributed by atoms with Crippen LogP contribution in [-0.2, 0) is 0 Å². The molecule has 0 spiro atoms. The zero-order valence-electron chi connectivity index (χ0n) is 6.22. The molecule has 1 aromatic rings. The minimum atomic E-state index is -1.30. The molecule has 70 valence electrons. The fraction of sp³-hybridized carbons (Fsp3) is 0. The van der Waals surface area contributed by atoms with Gasteiger partial charge in [0.1, 0.15) is 5.56 Å². The van der Waals surface area contributed by atoms with Crippen LogP contribution in [-0.4, -0.2) is 21.3 Å². The molecule has 0 amide bonds. The Bertz CT molecular complexity index is 304. The maximum atomic E-state index is 12.3. The molecule has 7 heteroatoms. The first-order valence-corrected chi connectivity index (χ1v) is 2.94. The molecule has 0 aliphatic carbocycles.